The van der Waals surface area contributed by atoms with Gasteiger partial charge in [-0.3, -0.25) is 15.0 Å². The summed E-state index contributed by atoms with van der Waals surface area (Å²) in [5.74, 6) is -0.145. The van der Waals surface area contributed by atoms with Crippen molar-refractivity contribution in [2.24, 2.45) is 0 Å². The first-order chi connectivity index (χ1) is 14.1. The molecule has 2 fully saturated rings. The number of alkyl halides is 3. The minimum absolute atomic E-state index is 0.0138. The van der Waals surface area contributed by atoms with Gasteiger partial charge in [0.05, 0.1) is 6.04 Å². The van der Waals surface area contributed by atoms with E-state index in [-0.39, 0.29) is 17.8 Å². The van der Waals surface area contributed by atoms with Crippen LogP contribution in [0, 0.1) is 0 Å². The number of halogens is 3. The molecule has 11 heteroatoms. The molecule has 166 valence electrons. The Morgan fingerprint density at radius 2 is 1.80 bits per heavy atom. The fourth-order valence-corrected chi connectivity index (χ4v) is 3.61. The molecule has 30 heavy (non-hydrogen) atoms. The average Bonchev–Trinajstić information content (AvgIpc) is 2.73. The van der Waals surface area contributed by atoms with Crippen molar-refractivity contribution in [2.45, 2.75) is 32.1 Å². The molecular weight excluding hydrogens is 401 g/mol. The Balaban J connectivity index is 1.51. The monoisotopic (exact) mass is 428 g/mol. The van der Waals surface area contributed by atoms with Crippen molar-refractivity contribution in [2.75, 3.05) is 51.1 Å². The Morgan fingerprint density at radius 3 is 2.43 bits per heavy atom. The van der Waals surface area contributed by atoms with E-state index in [1.807, 2.05) is 0 Å². The van der Waals surface area contributed by atoms with Crippen LogP contribution in [0.25, 0.3) is 0 Å². The van der Waals surface area contributed by atoms with Gasteiger partial charge >= 0.3 is 12.2 Å². The average molecular weight is 428 g/mol. The van der Waals surface area contributed by atoms with Gasteiger partial charge in [0, 0.05) is 51.9 Å². The van der Waals surface area contributed by atoms with Crippen molar-refractivity contribution in [3.05, 3.63) is 23.9 Å². The number of anilines is 1. The van der Waals surface area contributed by atoms with Gasteiger partial charge in [-0.05, 0) is 26.0 Å². The maximum atomic E-state index is 12.8. The molecule has 0 aromatic carbocycles. The third-order valence-electron chi connectivity index (χ3n) is 5.39. The highest BCUT2D eigenvalue weighted by Crippen LogP contribution is 2.28. The first-order valence-electron chi connectivity index (χ1n) is 10.0. The van der Waals surface area contributed by atoms with Crippen LogP contribution in [0.15, 0.2) is 18.2 Å². The third-order valence-corrected chi connectivity index (χ3v) is 5.39. The van der Waals surface area contributed by atoms with E-state index < -0.39 is 17.9 Å². The summed E-state index contributed by atoms with van der Waals surface area (Å²) in [5.41, 5.74) is -1.06. The molecule has 1 aromatic rings. The van der Waals surface area contributed by atoms with Crippen LogP contribution in [0.1, 0.15) is 19.5 Å². The van der Waals surface area contributed by atoms with E-state index in [2.05, 4.69) is 34.4 Å². The number of aromatic nitrogens is 1. The summed E-state index contributed by atoms with van der Waals surface area (Å²) in [6.07, 6.45) is -4.58. The van der Waals surface area contributed by atoms with Gasteiger partial charge in [0.1, 0.15) is 11.5 Å². The number of pyridine rings is 1. The summed E-state index contributed by atoms with van der Waals surface area (Å²) in [5, 5.41) is 5.66. The number of nitrogens with zero attached hydrogens (tertiary/aromatic N) is 4. The number of nitrogens with one attached hydrogen (secondary N) is 2. The number of carbonyl (C=O) groups excluding carboxylic acids is 2. The fraction of sp³-hybridized carbons (Fsp3) is 0.632. The number of hydrogen-bond donors (Lipinski definition) is 2. The van der Waals surface area contributed by atoms with Gasteiger partial charge in [0.2, 0.25) is 5.91 Å². The molecule has 3 amide bonds. The Labute approximate surface area is 173 Å². The van der Waals surface area contributed by atoms with Crippen molar-refractivity contribution in [1.29, 1.82) is 0 Å². The van der Waals surface area contributed by atoms with Gasteiger partial charge in [-0.1, -0.05) is 6.07 Å². The minimum Gasteiger partial charge on any atom is -0.338 e. The van der Waals surface area contributed by atoms with Crippen molar-refractivity contribution < 1.29 is 22.8 Å². The highest BCUT2D eigenvalue weighted by molar-refractivity contribution is 5.88. The second kappa shape index (κ2) is 9.17. The molecule has 1 aromatic heterocycles. The molecule has 0 aliphatic carbocycles. The molecule has 1 unspecified atom stereocenters. The lowest BCUT2D eigenvalue weighted by Gasteiger charge is -2.40. The van der Waals surface area contributed by atoms with Crippen molar-refractivity contribution in [3.63, 3.8) is 0 Å². The van der Waals surface area contributed by atoms with Gasteiger partial charge in [0.25, 0.3) is 0 Å². The third kappa shape index (κ3) is 5.39. The van der Waals surface area contributed by atoms with Gasteiger partial charge in [0.15, 0.2) is 0 Å². The zero-order valence-corrected chi connectivity index (χ0v) is 17.1. The molecular formula is C19H27F3N6O2. The first-order valence-corrected chi connectivity index (χ1v) is 10.0. The number of urea groups is 1. The van der Waals surface area contributed by atoms with Crippen LogP contribution in [0.3, 0.4) is 0 Å². The molecule has 8 nitrogen and oxygen atoms in total. The Bertz CT molecular complexity index is 765. The minimum atomic E-state index is -4.58. The van der Waals surface area contributed by atoms with Gasteiger partial charge in [-0.25, -0.2) is 9.78 Å². The number of piperazine rings is 2. The normalized spacial score (nSPS) is 21.1. The van der Waals surface area contributed by atoms with E-state index in [0.717, 1.165) is 19.2 Å². The quantitative estimate of drug-likeness (QED) is 0.762. The first kappa shape index (κ1) is 22.3. The second-order valence-electron chi connectivity index (χ2n) is 7.74. The van der Waals surface area contributed by atoms with Gasteiger partial charge < -0.3 is 15.1 Å². The molecule has 0 spiro atoms. The van der Waals surface area contributed by atoms with Crippen molar-refractivity contribution in [1.82, 2.24) is 25.0 Å². The predicted octanol–water partition coefficient (Wildman–Crippen LogP) is 1.46. The summed E-state index contributed by atoms with van der Waals surface area (Å²) < 4.78 is 38.3. The van der Waals surface area contributed by atoms with Crippen molar-refractivity contribution >= 4 is 17.8 Å². The number of amides is 3. The number of hydrogen-bond acceptors (Lipinski definition) is 5. The molecule has 3 rings (SSSR count). The maximum Gasteiger partial charge on any atom is 0.433 e. The molecule has 1 atom stereocenters. The smallest absolute Gasteiger partial charge is 0.338 e. The van der Waals surface area contributed by atoms with E-state index in [0.29, 0.717) is 38.8 Å². The number of carbonyl (C=O) groups is 2. The van der Waals surface area contributed by atoms with Crippen LogP contribution in [-0.2, 0) is 11.0 Å². The van der Waals surface area contributed by atoms with Gasteiger partial charge in [-0.15, -0.1) is 0 Å². The lowest BCUT2D eigenvalue weighted by atomic mass is 10.1. The van der Waals surface area contributed by atoms with Crippen LogP contribution in [0.5, 0.6) is 0 Å². The number of rotatable bonds is 3. The van der Waals surface area contributed by atoms with Crippen molar-refractivity contribution in [3.8, 4) is 0 Å². The predicted molar refractivity (Wildman–Crippen MR) is 105 cm³/mol. The zero-order valence-electron chi connectivity index (χ0n) is 17.1. The molecule has 2 aliphatic rings. The zero-order chi connectivity index (χ0) is 21.9. The summed E-state index contributed by atoms with van der Waals surface area (Å²) in [6, 6.07) is 2.92. The largest absolute Gasteiger partial charge is 0.433 e. The van der Waals surface area contributed by atoms with Crippen LogP contribution < -0.4 is 10.6 Å². The van der Waals surface area contributed by atoms with Crippen LogP contribution in [0.4, 0.5) is 23.8 Å². The van der Waals surface area contributed by atoms with E-state index in [1.54, 1.807) is 4.90 Å². The van der Waals surface area contributed by atoms with E-state index in [9.17, 15) is 22.8 Å². The topological polar surface area (TPSA) is 80.8 Å². The van der Waals surface area contributed by atoms with Crippen LogP contribution in [0.2, 0.25) is 0 Å². The standard InChI is InChI=1S/C19H27F3N6O2/c1-13(2)28-7-6-23-14(12-28)17(29)26-8-10-27(11-9-26)18(30)25-16-5-3-4-15(24-16)19(20,21)22/h3-5,13-14,23H,6-12H2,1-2H3,(H,24,25,30). The maximum absolute atomic E-state index is 12.8. The lowest BCUT2D eigenvalue weighted by molar-refractivity contribution is -0.141. The molecule has 2 aliphatic heterocycles. The van der Waals surface area contributed by atoms with E-state index >= 15 is 0 Å². The summed E-state index contributed by atoms with van der Waals surface area (Å²) >= 11 is 0. The lowest BCUT2D eigenvalue weighted by Crippen LogP contribution is -2.61. The SMILES string of the molecule is CC(C)N1CCNC(C(=O)N2CCN(C(=O)Nc3cccc(C(F)(F)F)n3)CC2)C1. The Kier molecular flexibility index (Phi) is 6.81. The molecule has 0 bridgehead atoms. The van der Waals surface area contributed by atoms with Gasteiger partial charge in [-0.2, -0.15) is 13.2 Å². The Hall–Kier alpha value is -2.40. The Morgan fingerprint density at radius 1 is 1.13 bits per heavy atom. The molecule has 0 saturated carbocycles. The highest BCUT2D eigenvalue weighted by atomic mass is 19.4. The molecule has 0 radical (unpaired) electrons. The van der Waals surface area contributed by atoms with Crippen LogP contribution in [-0.4, -0.2) is 89.5 Å². The summed E-state index contributed by atoms with van der Waals surface area (Å²) in [7, 11) is 0. The summed E-state index contributed by atoms with van der Waals surface area (Å²) in [4.78, 5) is 34.1. The molecule has 3 heterocycles. The van der Waals surface area contributed by atoms with E-state index in [1.165, 1.54) is 17.0 Å². The van der Waals surface area contributed by atoms with E-state index in [4.69, 9.17) is 0 Å². The summed E-state index contributed by atoms with van der Waals surface area (Å²) in [6.45, 7) is 7.86. The molecule has 2 N–H and O–H groups in total. The second-order valence-corrected chi connectivity index (χ2v) is 7.74. The van der Waals surface area contributed by atoms with Crippen LogP contribution >= 0.6 is 0 Å². The fourth-order valence-electron chi connectivity index (χ4n) is 3.61. The highest BCUT2D eigenvalue weighted by Gasteiger charge is 2.34. The molecule has 2 saturated heterocycles.